The van der Waals surface area contributed by atoms with Crippen LogP contribution < -0.4 is 4.90 Å². The van der Waals surface area contributed by atoms with Crippen molar-refractivity contribution in [3.63, 3.8) is 0 Å². The molecule has 1 heterocycles. The van der Waals surface area contributed by atoms with Crippen LogP contribution in [0.4, 0.5) is 17.1 Å². The molecule has 0 aliphatic carbocycles. The maximum absolute atomic E-state index is 13.1. The maximum atomic E-state index is 13.1. The Labute approximate surface area is 210 Å². The first-order valence-electron chi connectivity index (χ1n) is 11.4. The van der Waals surface area contributed by atoms with Crippen molar-refractivity contribution in [3.8, 4) is 11.1 Å². The van der Waals surface area contributed by atoms with E-state index in [1.807, 2.05) is 60.7 Å². The number of anilines is 3. The Bertz CT molecular complexity index is 1660. The number of nitrogens with zero attached hydrogens (tertiary/aromatic N) is 1. The summed E-state index contributed by atoms with van der Waals surface area (Å²) in [5.74, 6) is -0.321. The molecule has 0 amide bonds. The third-order valence-electron chi connectivity index (χ3n) is 6.24. The lowest BCUT2D eigenvalue weighted by atomic mass is 9.99. The number of benzene rings is 4. The minimum absolute atomic E-state index is 0.0196. The van der Waals surface area contributed by atoms with Crippen LogP contribution in [0.25, 0.3) is 11.1 Å². The first kappa shape index (κ1) is 21.8. The van der Waals surface area contributed by atoms with Gasteiger partial charge in [0.1, 0.15) is 4.90 Å². The molecule has 5 heteroatoms. The van der Waals surface area contributed by atoms with Gasteiger partial charge in [0.25, 0.3) is 0 Å². The fourth-order valence-electron chi connectivity index (χ4n) is 4.51. The van der Waals surface area contributed by atoms with Crippen molar-refractivity contribution in [2.24, 2.45) is 0 Å². The zero-order valence-electron chi connectivity index (χ0n) is 19.0. The summed E-state index contributed by atoms with van der Waals surface area (Å²) in [6.45, 7) is 0. The lowest BCUT2D eigenvalue weighted by molar-refractivity contribution is 0.103. The molecule has 0 N–H and O–H groups in total. The number of ketones is 1. The summed E-state index contributed by atoms with van der Waals surface area (Å²) in [6, 6.07) is 41.7. The molecule has 5 aromatic rings. The fourth-order valence-corrected chi connectivity index (χ4v) is 6.06. The van der Waals surface area contributed by atoms with E-state index >= 15 is 0 Å². The normalized spacial score (nSPS) is 13.3. The summed E-state index contributed by atoms with van der Waals surface area (Å²) >= 11 is 0. The number of rotatable bonds is 4. The highest BCUT2D eigenvalue weighted by Crippen LogP contribution is 2.37. The SMILES string of the molecule is O=C1c2cc(-c3ccc(N(c4ccccc4)c4ccccc4)cc3)c#cc2S(=O)(=O)c2ccccc21. The fraction of sp³-hybridized carbons (Fsp3) is 0. The first-order valence-corrected chi connectivity index (χ1v) is 12.9. The summed E-state index contributed by atoms with van der Waals surface area (Å²) < 4.78 is 26.1. The maximum Gasteiger partial charge on any atom is 0.216 e. The van der Waals surface area contributed by atoms with Crippen LogP contribution in [0, 0.1) is 12.1 Å². The highest BCUT2D eigenvalue weighted by Gasteiger charge is 2.35. The topological polar surface area (TPSA) is 54.5 Å². The molecule has 0 fully saturated rings. The summed E-state index contributed by atoms with van der Waals surface area (Å²) in [4.78, 5) is 15.2. The third kappa shape index (κ3) is 3.56. The standard InChI is InChI=1S/C31H19NO3S/c33-31-27-13-7-8-14-29(27)36(34,35)30-20-17-23(21-28(30)31)22-15-18-26(19-16-22)32(24-9-3-1-4-10-24)25-11-5-2-6-12-25/h1-16,18-19,21H. The smallest absolute Gasteiger partial charge is 0.216 e. The molecule has 36 heavy (non-hydrogen) atoms. The Morgan fingerprint density at radius 2 is 1.14 bits per heavy atom. The van der Waals surface area contributed by atoms with E-state index in [1.54, 1.807) is 24.3 Å². The Morgan fingerprint density at radius 1 is 0.583 bits per heavy atom. The second-order valence-corrected chi connectivity index (χ2v) is 10.3. The van der Waals surface area contributed by atoms with Crippen molar-refractivity contribution < 1.29 is 13.2 Å². The number of hydrogen-bond acceptors (Lipinski definition) is 4. The van der Waals surface area contributed by atoms with Crippen LogP contribution in [0.5, 0.6) is 0 Å². The minimum atomic E-state index is -3.83. The van der Waals surface area contributed by atoms with Gasteiger partial charge in [0.2, 0.25) is 9.84 Å². The largest absolute Gasteiger partial charge is 0.311 e. The molecule has 172 valence electrons. The Balaban J connectivity index is 1.40. The number of sulfone groups is 1. The third-order valence-corrected chi connectivity index (χ3v) is 8.04. The number of fused-ring (bicyclic) bond motifs is 2. The number of hydrogen-bond donors (Lipinski definition) is 0. The molecular weight excluding hydrogens is 466 g/mol. The molecule has 1 aliphatic heterocycles. The molecule has 0 atom stereocenters. The van der Waals surface area contributed by atoms with E-state index in [2.05, 4.69) is 41.3 Å². The van der Waals surface area contributed by atoms with Crippen molar-refractivity contribution in [2.45, 2.75) is 9.79 Å². The second kappa shape index (κ2) is 8.53. The molecule has 0 saturated heterocycles. The van der Waals surface area contributed by atoms with E-state index in [1.165, 1.54) is 6.07 Å². The van der Waals surface area contributed by atoms with Gasteiger partial charge in [0.05, 0.1) is 10.5 Å². The Kier molecular flexibility index (Phi) is 5.18. The minimum Gasteiger partial charge on any atom is -0.311 e. The van der Waals surface area contributed by atoms with Gasteiger partial charge < -0.3 is 4.90 Å². The zero-order valence-corrected chi connectivity index (χ0v) is 19.9. The van der Waals surface area contributed by atoms with Gasteiger partial charge in [-0.05, 0) is 66.2 Å². The number of carbonyl (C=O) groups is 1. The molecular formula is C31H19NO3S. The van der Waals surface area contributed by atoms with Gasteiger partial charge in [-0.2, -0.15) is 0 Å². The molecule has 0 radical (unpaired) electrons. The molecule has 0 bridgehead atoms. The monoisotopic (exact) mass is 485 g/mol. The van der Waals surface area contributed by atoms with Gasteiger partial charge in [-0.3, -0.25) is 4.79 Å². The molecule has 6 rings (SSSR count). The van der Waals surface area contributed by atoms with E-state index in [0.717, 1.165) is 22.6 Å². The van der Waals surface area contributed by atoms with Gasteiger partial charge in [-0.1, -0.05) is 66.7 Å². The van der Waals surface area contributed by atoms with Crippen molar-refractivity contribution in [1.29, 1.82) is 0 Å². The van der Waals surface area contributed by atoms with Crippen LogP contribution in [0.2, 0.25) is 0 Å². The summed E-state index contributed by atoms with van der Waals surface area (Å²) in [7, 11) is -3.83. The number of para-hydroxylation sites is 2. The van der Waals surface area contributed by atoms with Gasteiger partial charge >= 0.3 is 0 Å². The summed E-state index contributed by atoms with van der Waals surface area (Å²) in [5, 5.41) is 0. The van der Waals surface area contributed by atoms with Crippen LogP contribution in [0.1, 0.15) is 15.9 Å². The van der Waals surface area contributed by atoms with Crippen LogP contribution in [0.15, 0.2) is 125 Å². The predicted molar refractivity (Wildman–Crippen MR) is 140 cm³/mol. The van der Waals surface area contributed by atoms with Gasteiger partial charge in [-0.15, -0.1) is 0 Å². The average Bonchev–Trinajstić information content (AvgIpc) is 2.93. The highest BCUT2D eigenvalue weighted by atomic mass is 32.2. The highest BCUT2D eigenvalue weighted by molar-refractivity contribution is 7.91. The molecule has 0 unspecified atom stereocenters. The van der Waals surface area contributed by atoms with E-state index in [-0.39, 0.29) is 26.7 Å². The molecule has 1 aliphatic rings. The molecule has 0 spiro atoms. The van der Waals surface area contributed by atoms with E-state index in [4.69, 9.17) is 0 Å². The van der Waals surface area contributed by atoms with E-state index in [9.17, 15) is 13.2 Å². The van der Waals surface area contributed by atoms with Gasteiger partial charge in [0.15, 0.2) is 5.78 Å². The van der Waals surface area contributed by atoms with Crippen molar-refractivity contribution in [2.75, 3.05) is 4.90 Å². The number of carbonyl (C=O) groups excluding carboxylic acids is 1. The van der Waals surface area contributed by atoms with Crippen LogP contribution >= 0.6 is 0 Å². The predicted octanol–water partition coefficient (Wildman–Crippen LogP) is 6.80. The Morgan fingerprint density at radius 3 is 1.78 bits per heavy atom. The summed E-state index contributed by atoms with van der Waals surface area (Å²) in [5.41, 5.74) is 4.75. The van der Waals surface area contributed by atoms with Crippen LogP contribution in [-0.4, -0.2) is 14.2 Å². The molecule has 4 nitrogen and oxygen atoms in total. The quantitative estimate of drug-likeness (QED) is 0.276. The lowest BCUT2D eigenvalue weighted by Gasteiger charge is -2.25. The average molecular weight is 486 g/mol. The molecule has 0 saturated carbocycles. The Hall–Kier alpha value is -4.66. The van der Waals surface area contributed by atoms with Gasteiger partial charge in [0, 0.05) is 28.2 Å². The van der Waals surface area contributed by atoms with Crippen molar-refractivity contribution in [3.05, 3.63) is 139 Å². The van der Waals surface area contributed by atoms with Crippen molar-refractivity contribution in [1.82, 2.24) is 0 Å². The first-order chi connectivity index (χ1) is 17.5. The van der Waals surface area contributed by atoms with E-state index < -0.39 is 9.84 Å². The lowest BCUT2D eigenvalue weighted by Crippen LogP contribution is -2.19. The zero-order chi connectivity index (χ0) is 24.7. The van der Waals surface area contributed by atoms with Crippen LogP contribution in [-0.2, 0) is 9.84 Å². The molecule has 0 aromatic heterocycles. The second-order valence-electron chi connectivity index (χ2n) is 8.43. The van der Waals surface area contributed by atoms with E-state index in [0.29, 0.717) is 5.56 Å². The van der Waals surface area contributed by atoms with Crippen LogP contribution in [0.3, 0.4) is 0 Å². The van der Waals surface area contributed by atoms with Crippen molar-refractivity contribution >= 4 is 32.7 Å². The summed E-state index contributed by atoms with van der Waals surface area (Å²) in [6.07, 6.45) is 0. The van der Waals surface area contributed by atoms with Gasteiger partial charge in [-0.25, -0.2) is 8.42 Å². The molecule has 5 aromatic carbocycles.